The van der Waals surface area contributed by atoms with E-state index in [1.165, 1.54) is 15.3 Å². The zero-order chi connectivity index (χ0) is 27.7. The number of piperazine rings is 1. The van der Waals surface area contributed by atoms with Crippen LogP contribution in [0.2, 0.25) is 0 Å². The fraction of sp³-hybridized carbons (Fsp3) is 0.310. The van der Waals surface area contributed by atoms with Crippen molar-refractivity contribution >= 4 is 33.1 Å². The predicted molar refractivity (Wildman–Crippen MR) is 149 cm³/mol. The highest BCUT2D eigenvalue weighted by Crippen LogP contribution is 2.38. The van der Waals surface area contributed by atoms with Crippen LogP contribution in [0.4, 0.5) is 11.4 Å². The van der Waals surface area contributed by atoms with Crippen LogP contribution < -0.4 is 19.3 Å². The van der Waals surface area contributed by atoms with E-state index < -0.39 is 15.9 Å². The van der Waals surface area contributed by atoms with E-state index in [0.717, 1.165) is 17.0 Å². The Hall–Kier alpha value is -3.89. The summed E-state index contributed by atoms with van der Waals surface area (Å²) in [5.74, 6) is 0.474. The molecule has 0 aromatic heterocycles. The molecule has 2 aliphatic heterocycles. The van der Waals surface area contributed by atoms with Gasteiger partial charge in [0.1, 0.15) is 11.5 Å². The van der Waals surface area contributed by atoms with Crippen molar-refractivity contribution in [1.29, 1.82) is 0 Å². The number of methoxy groups -OCH3 is 1. The van der Waals surface area contributed by atoms with Gasteiger partial charge in [0.15, 0.2) is 12.4 Å². The van der Waals surface area contributed by atoms with Crippen LogP contribution in [-0.2, 0) is 14.8 Å². The van der Waals surface area contributed by atoms with Gasteiger partial charge in [0.25, 0.3) is 5.91 Å². The number of fused-ring (bicyclic) bond motifs is 1. The predicted octanol–water partition coefficient (Wildman–Crippen LogP) is 3.43. The maximum atomic E-state index is 13.8. The zero-order valence-electron chi connectivity index (χ0n) is 22.2. The number of rotatable bonds is 7. The third-order valence-corrected chi connectivity index (χ3v) is 9.20. The Labute approximate surface area is 228 Å². The fourth-order valence-corrected chi connectivity index (χ4v) is 6.60. The smallest absolute Gasteiger partial charge is 0.265 e. The second-order valence-corrected chi connectivity index (χ2v) is 11.6. The van der Waals surface area contributed by atoms with E-state index in [-0.39, 0.29) is 29.5 Å². The van der Waals surface area contributed by atoms with E-state index in [1.54, 1.807) is 32.2 Å². The van der Waals surface area contributed by atoms with Gasteiger partial charge < -0.3 is 14.4 Å². The van der Waals surface area contributed by atoms with Crippen LogP contribution in [0.5, 0.6) is 11.5 Å². The van der Waals surface area contributed by atoms with E-state index in [4.69, 9.17) is 9.47 Å². The summed E-state index contributed by atoms with van der Waals surface area (Å²) in [6, 6.07) is 17.9. The molecule has 0 aliphatic carbocycles. The van der Waals surface area contributed by atoms with Crippen molar-refractivity contribution in [3.05, 3.63) is 77.4 Å². The lowest BCUT2D eigenvalue weighted by Crippen LogP contribution is -2.49. The molecule has 0 spiro atoms. The molecule has 1 fully saturated rings. The van der Waals surface area contributed by atoms with E-state index in [0.29, 0.717) is 43.1 Å². The van der Waals surface area contributed by atoms with Gasteiger partial charge in [0, 0.05) is 31.7 Å². The molecule has 2 aliphatic rings. The van der Waals surface area contributed by atoms with Gasteiger partial charge in [0.05, 0.1) is 29.9 Å². The molecule has 0 saturated carbocycles. The molecule has 0 radical (unpaired) electrons. The number of hydrogen-bond acceptors (Lipinski definition) is 7. The van der Waals surface area contributed by atoms with Gasteiger partial charge in [0.2, 0.25) is 10.0 Å². The lowest BCUT2D eigenvalue weighted by molar-refractivity contribution is -0.121. The molecule has 0 N–H and O–H groups in total. The first-order chi connectivity index (χ1) is 18.7. The van der Waals surface area contributed by atoms with Crippen molar-refractivity contribution in [2.75, 3.05) is 56.2 Å². The van der Waals surface area contributed by atoms with Gasteiger partial charge in [-0.05, 0) is 43.7 Å². The molecule has 10 heteroatoms. The summed E-state index contributed by atoms with van der Waals surface area (Å²) in [6.07, 6.45) is 0. The van der Waals surface area contributed by atoms with E-state index >= 15 is 0 Å². The number of para-hydroxylation sites is 2. The minimum Gasteiger partial charge on any atom is -0.495 e. The second-order valence-electron chi connectivity index (χ2n) is 9.71. The van der Waals surface area contributed by atoms with Gasteiger partial charge in [-0.1, -0.05) is 42.0 Å². The normalized spacial score (nSPS) is 16.0. The molecule has 2 heterocycles. The summed E-state index contributed by atoms with van der Waals surface area (Å²) < 4.78 is 40.1. The lowest BCUT2D eigenvalue weighted by atomic mass is 10.1. The number of ketones is 1. The minimum atomic E-state index is -3.88. The molecule has 0 bridgehead atoms. The Morgan fingerprint density at radius 1 is 0.949 bits per heavy atom. The fourth-order valence-electron chi connectivity index (χ4n) is 4.95. The molecule has 9 nitrogen and oxygen atoms in total. The van der Waals surface area contributed by atoms with Crippen molar-refractivity contribution < 1.29 is 27.5 Å². The number of Topliss-reactive ketones (excluding diaryl/α,β-unsaturated/α-hetero) is 1. The number of nitrogens with zero attached hydrogens (tertiary/aromatic N) is 3. The van der Waals surface area contributed by atoms with Gasteiger partial charge in [-0.25, -0.2) is 8.42 Å². The Morgan fingerprint density at radius 3 is 2.33 bits per heavy atom. The quantitative estimate of drug-likeness (QED) is 0.417. The van der Waals surface area contributed by atoms with Crippen LogP contribution in [0.3, 0.4) is 0 Å². The molecule has 1 amide bonds. The molecular weight excluding hydrogens is 518 g/mol. The molecule has 1 saturated heterocycles. The largest absolute Gasteiger partial charge is 0.495 e. The first-order valence-electron chi connectivity index (χ1n) is 12.7. The van der Waals surface area contributed by atoms with Crippen LogP contribution in [0.1, 0.15) is 21.5 Å². The van der Waals surface area contributed by atoms with Crippen molar-refractivity contribution in [3.63, 3.8) is 0 Å². The molecular formula is C29H31N3O6S. The monoisotopic (exact) mass is 549 g/mol. The van der Waals surface area contributed by atoms with E-state index in [9.17, 15) is 18.0 Å². The maximum Gasteiger partial charge on any atom is 0.265 e. The summed E-state index contributed by atoms with van der Waals surface area (Å²) >= 11 is 0. The lowest BCUT2D eigenvalue weighted by Gasteiger charge is -2.36. The summed E-state index contributed by atoms with van der Waals surface area (Å²) in [5, 5.41) is 0. The average Bonchev–Trinajstić information content (AvgIpc) is 2.94. The second kappa shape index (κ2) is 10.7. The van der Waals surface area contributed by atoms with Crippen molar-refractivity contribution in [3.8, 4) is 11.5 Å². The van der Waals surface area contributed by atoms with Gasteiger partial charge in [-0.3, -0.25) is 14.5 Å². The number of sulfonamides is 1. The molecule has 0 unspecified atom stereocenters. The van der Waals surface area contributed by atoms with Crippen LogP contribution in [0.15, 0.2) is 65.6 Å². The number of amides is 1. The minimum absolute atomic E-state index is 0.0954. The van der Waals surface area contributed by atoms with E-state index in [2.05, 4.69) is 4.90 Å². The van der Waals surface area contributed by atoms with Crippen LogP contribution in [0.25, 0.3) is 0 Å². The number of aryl methyl sites for hydroxylation is 2. The first kappa shape index (κ1) is 26.7. The number of carbonyl (C=O) groups is 2. The van der Waals surface area contributed by atoms with Crippen molar-refractivity contribution in [2.24, 2.45) is 0 Å². The Bertz CT molecular complexity index is 1510. The number of ether oxygens (including phenoxy) is 2. The SMILES string of the molecule is COc1ccccc1N1CCN(S(=O)(=O)c2cc3c(cc2C)OCC(=O)N3CC(=O)c2ccc(C)cc2)CC1. The number of anilines is 2. The molecule has 5 rings (SSSR count). The third kappa shape index (κ3) is 5.22. The zero-order valence-corrected chi connectivity index (χ0v) is 23.0. The Morgan fingerprint density at radius 2 is 1.64 bits per heavy atom. The number of hydrogen-bond donors (Lipinski definition) is 0. The van der Waals surface area contributed by atoms with Gasteiger partial charge in [-0.15, -0.1) is 0 Å². The Kier molecular flexibility index (Phi) is 7.33. The van der Waals surface area contributed by atoms with E-state index in [1.807, 2.05) is 43.3 Å². The summed E-state index contributed by atoms with van der Waals surface area (Å²) in [4.78, 5) is 29.3. The Balaban J connectivity index is 1.39. The standard InChI is InChI=1S/C29H31N3O6S/c1-20-8-10-22(11-9-20)25(33)18-32-24-17-28(21(2)16-27(24)38-19-29(32)34)39(35,36)31-14-12-30(13-15-31)23-6-4-5-7-26(23)37-3/h4-11,16-17H,12-15,18-19H2,1-3H3. The summed E-state index contributed by atoms with van der Waals surface area (Å²) in [6.45, 7) is 4.80. The summed E-state index contributed by atoms with van der Waals surface area (Å²) in [7, 11) is -2.26. The van der Waals surface area contributed by atoms with Gasteiger partial charge in [-0.2, -0.15) is 4.31 Å². The highest BCUT2D eigenvalue weighted by atomic mass is 32.2. The third-order valence-electron chi connectivity index (χ3n) is 7.16. The first-order valence-corrected chi connectivity index (χ1v) is 14.2. The summed E-state index contributed by atoms with van der Waals surface area (Å²) in [5.41, 5.74) is 3.22. The van der Waals surface area contributed by atoms with Crippen LogP contribution in [0, 0.1) is 13.8 Å². The van der Waals surface area contributed by atoms with Crippen LogP contribution in [-0.4, -0.2) is 70.9 Å². The molecule has 0 atom stereocenters. The topological polar surface area (TPSA) is 96.5 Å². The highest BCUT2D eigenvalue weighted by Gasteiger charge is 2.34. The van der Waals surface area contributed by atoms with Crippen LogP contribution >= 0.6 is 0 Å². The highest BCUT2D eigenvalue weighted by molar-refractivity contribution is 7.89. The average molecular weight is 550 g/mol. The molecule has 3 aromatic rings. The number of carbonyl (C=O) groups excluding carboxylic acids is 2. The molecule has 3 aromatic carbocycles. The van der Waals surface area contributed by atoms with Crippen molar-refractivity contribution in [2.45, 2.75) is 18.7 Å². The maximum absolute atomic E-state index is 13.8. The van der Waals surface area contributed by atoms with Crippen molar-refractivity contribution in [1.82, 2.24) is 4.31 Å². The molecule has 204 valence electrons. The number of benzene rings is 3. The molecule has 39 heavy (non-hydrogen) atoms. The van der Waals surface area contributed by atoms with Gasteiger partial charge >= 0.3 is 0 Å².